The third-order valence-electron chi connectivity index (χ3n) is 8.08. The van der Waals surface area contributed by atoms with Gasteiger partial charge in [-0.2, -0.15) is 23.5 Å². The molecular formula is C28H30F3N9O. The molecule has 1 saturated carbocycles. The van der Waals surface area contributed by atoms with Crippen molar-refractivity contribution in [1.82, 2.24) is 39.9 Å². The van der Waals surface area contributed by atoms with Crippen molar-refractivity contribution >= 4 is 11.0 Å². The van der Waals surface area contributed by atoms with E-state index in [1.54, 1.807) is 19.3 Å². The van der Waals surface area contributed by atoms with Gasteiger partial charge in [0.2, 0.25) is 5.88 Å². The third-order valence-corrected chi connectivity index (χ3v) is 8.08. The minimum atomic E-state index is -4.54. The topological polar surface area (TPSA) is 121 Å². The summed E-state index contributed by atoms with van der Waals surface area (Å²) in [6.45, 7) is 1.69. The summed E-state index contributed by atoms with van der Waals surface area (Å²) in [6, 6.07) is 7.21. The Labute approximate surface area is 234 Å². The number of rotatable bonds is 8. The van der Waals surface area contributed by atoms with E-state index in [0.717, 1.165) is 54.0 Å². The summed E-state index contributed by atoms with van der Waals surface area (Å²) < 4.78 is 47.9. The molecule has 1 aliphatic carbocycles. The van der Waals surface area contributed by atoms with Crippen LogP contribution in [0.15, 0.2) is 43.1 Å². The zero-order chi connectivity index (χ0) is 28.6. The van der Waals surface area contributed by atoms with Crippen LogP contribution >= 0.6 is 0 Å². The first kappa shape index (κ1) is 27.2. The van der Waals surface area contributed by atoms with Crippen molar-refractivity contribution < 1.29 is 17.9 Å². The van der Waals surface area contributed by atoms with E-state index in [2.05, 4.69) is 41.3 Å². The van der Waals surface area contributed by atoms with Crippen molar-refractivity contribution in [2.45, 2.75) is 62.5 Å². The summed E-state index contributed by atoms with van der Waals surface area (Å²) in [5.74, 6) is 0.0144. The lowest BCUT2D eigenvalue weighted by Gasteiger charge is -2.53. The molecule has 13 heteroatoms. The van der Waals surface area contributed by atoms with E-state index >= 15 is 0 Å². The Bertz CT molecular complexity index is 1560. The molecule has 1 saturated heterocycles. The number of fused-ring (bicyclic) bond motifs is 1. The summed E-state index contributed by atoms with van der Waals surface area (Å²) in [5, 5.41) is 18.1. The fourth-order valence-corrected chi connectivity index (χ4v) is 6.03. The average molecular weight is 566 g/mol. The number of likely N-dealkylation sites (tertiary alicyclic amines) is 1. The van der Waals surface area contributed by atoms with Gasteiger partial charge in [0.15, 0.2) is 0 Å². The van der Waals surface area contributed by atoms with E-state index in [-0.39, 0.29) is 12.0 Å². The molecular weight excluding hydrogens is 535 g/mol. The van der Waals surface area contributed by atoms with Gasteiger partial charge in [0.05, 0.1) is 24.4 Å². The molecule has 1 aliphatic heterocycles. The zero-order valence-electron chi connectivity index (χ0n) is 22.5. The second kappa shape index (κ2) is 10.8. The molecule has 6 rings (SSSR count). The van der Waals surface area contributed by atoms with Crippen LogP contribution in [0.5, 0.6) is 5.88 Å². The lowest BCUT2D eigenvalue weighted by Crippen LogP contribution is -2.65. The van der Waals surface area contributed by atoms with E-state index in [9.17, 15) is 18.4 Å². The molecule has 5 heterocycles. The Balaban J connectivity index is 1.09. The van der Waals surface area contributed by atoms with Crippen molar-refractivity contribution in [3.8, 4) is 23.2 Å². The fraction of sp³-hybridized carbons (Fsp3) is 0.464. The lowest BCUT2D eigenvalue weighted by atomic mass is 9.82. The number of hydrogen-bond donors (Lipinski definition) is 2. The van der Waals surface area contributed by atoms with Gasteiger partial charge in [0.25, 0.3) is 0 Å². The maximum absolute atomic E-state index is 13.4. The van der Waals surface area contributed by atoms with E-state index in [1.165, 1.54) is 6.33 Å². The van der Waals surface area contributed by atoms with Crippen LogP contribution in [0.3, 0.4) is 0 Å². The lowest BCUT2D eigenvalue weighted by molar-refractivity contribution is -0.141. The minimum Gasteiger partial charge on any atom is -0.474 e. The van der Waals surface area contributed by atoms with Crippen molar-refractivity contribution in [3.63, 3.8) is 0 Å². The van der Waals surface area contributed by atoms with Gasteiger partial charge in [-0.25, -0.2) is 15.0 Å². The number of nitrogens with one attached hydrogen (secondary N) is 2. The Hall–Kier alpha value is -4.02. The van der Waals surface area contributed by atoms with Crippen LogP contribution < -0.4 is 10.1 Å². The molecule has 0 amide bonds. The molecule has 0 atom stereocenters. The second-order valence-corrected chi connectivity index (χ2v) is 10.9. The number of nitriles is 1. The van der Waals surface area contributed by atoms with Gasteiger partial charge in [-0.3, -0.25) is 9.58 Å². The highest BCUT2D eigenvalue weighted by atomic mass is 19.4. The number of halogens is 3. The Morgan fingerprint density at radius 2 is 2.00 bits per heavy atom. The number of alkyl halides is 3. The highest BCUT2D eigenvalue weighted by Gasteiger charge is 2.48. The summed E-state index contributed by atoms with van der Waals surface area (Å²) in [5.41, 5.74) is 1.53. The van der Waals surface area contributed by atoms with Gasteiger partial charge < -0.3 is 15.0 Å². The molecule has 0 spiro atoms. The van der Waals surface area contributed by atoms with Crippen molar-refractivity contribution in [1.29, 1.82) is 5.26 Å². The quantitative estimate of drug-likeness (QED) is 0.325. The smallest absolute Gasteiger partial charge is 0.433 e. The highest BCUT2D eigenvalue weighted by molar-refractivity contribution is 5.90. The minimum absolute atomic E-state index is 0.0144. The predicted molar refractivity (Wildman–Crippen MR) is 144 cm³/mol. The van der Waals surface area contributed by atoms with Gasteiger partial charge in [0.1, 0.15) is 29.3 Å². The molecule has 0 radical (unpaired) electrons. The molecule has 4 aromatic heterocycles. The number of aromatic amines is 1. The summed E-state index contributed by atoms with van der Waals surface area (Å²) in [7, 11) is 1.68. The van der Waals surface area contributed by atoms with Crippen molar-refractivity contribution in [2.24, 2.45) is 0 Å². The first-order chi connectivity index (χ1) is 19.8. The zero-order valence-corrected chi connectivity index (χ0v) is 22.5. The molecule has 214 valence electrons. The van der Waals surface area contributed by atoms with Gasteiger partial charge in [-0.1, -0.05) is 0 Å². The maximum Gasteiger partial charge on any atom is 0.433 e. The normalized spacial score (nSPS) is 21.0. The maximum atomic E-state index is 13.4. The number of H-pyrrole nitrogens is 1. The highest BCUT2D eigenvalue weighted by Crippen LogP contribution is 2.39. The molecule has 2 fully saturated rings. The monoisotopic (exact) mass is 565 g/mol. The average Bonchev–Trinajstić information content (AvgIpc) is 3.61. The van der Waals surface area contributed by atoms with Crippen LogP contribution in [0.4, 0.5) is 13.2 Å². The molecule has 2 N–H and O–H groups in total. The van der Waals surface area contributed by atoms with E-state index in [4.69, 9.17) is 4.74 Å². The molecule has 41 heavy (non-hydrogen) atoms. The second-order valence-electron chi connectivity index (χ2n) is 10.9. The summed E-state index contributed by atoms with van der Waals surface area (Å²) >= 11 is 0. The van der Waals surface area contributed by atoms with Gasteiger partial charge in [-0.05, 0) is 50.4 Å². The van der Waals surface area contributed by atoms with Crippen molar-refractivity contribution in [2.75, 3.05) is 20.1 Å². The van der Waals surface area contributed by atoms with Crippen LogP contribution in [0.25, 0.3) is 22.3 Å². The molecule has 4 aromatic rings. The number of hydrogen-bond acceptors (Lipinski definition) is 8. The number of pyridine rings is 1. The molecule has 10 nitrogen and oxygen atoms in total. The third kappa shape index (κ3) is 5.37. The van der Waals surface area contributed by atoms with Crippen LogP contribution in [-0.2, 0) is 18.3 Å². The summed E-state index contributed by atoms with van der Waals surface area (Å²) in [4.78, 5) is 17.9. The standard InChI is InChI=1S/C28H30F3N9O/c1-33-12-18-10-23(28(29,30)31)38-24(11-18)41-21-4-2-20(3-5-21)39-15-27(16-39,7-8-32)40-14-19(13-37-40)25-22-6-9-34-26(22)36-17-35-25/h6,9-11,13-14,17,20-21,33H,2-5,7,12,15-16H2,1H3,(H,34,35,36). The number of ether oxygens (including phenoxy) is 1. The van der Waals surface area contributed by atoms with Crippen molar-refractivity contribution in [3.05, 3.63) is 54.4 Å². The van der Waals surface area contributed by atoms with Crippen LogP contribution in [-0.4, -0.2) is 66.9 Å². The Morgan fingerprint density at radius 3 is 2.73 bits per heavy atom. The van der Waals surface area contributed by atoms with Gasteiger partial charge >= 0.3 is 6.18 Å². The van der Waals surface area contributed by atoms with E-state index in [0.29, 0.717) is 37.7 Å². The molecule has 2 aliphatic rings. The predicted octanol–water partition coefficient (Wildman–Crippen LogP) is 4.27. The molecule has 0 bridgehead atoms. The van der Waals surface area contributed by atoms with Crippen LogP contribution in [0, 0.1) is 11.3 Å². The van der Waals surface area contributed by atoms with Gasteiger partial charge in [0, 0.05) is 55.1 Å². The summed E-state index contributed by atoms with van der Waals surface area (Å²) in [6.07, 6.45) is 5.84. The van der Waals surface area contributed by atoms with Gasteiger partial charge in [-0.15, -0.1) is 0 Å². The van der Waals surface area contributed by atoms with E-state index < -0.39 is 17.4 Å². The molecule has 0 aromatic carbocycles. The fourth-order valence-electron chi connectivity index (χ4n) is 6.03. The largest absolute Gasteiger partial charge is 0.474 e. The first-order valence-corrected chi connectivity index (χ1v) is 13.6. The SMILES string of the molecule is CNCc1cc(OC2CCC(N3CC(CC#N)(n4cc(-c5ncnc6[nH]ccc56)cn4)C3)CC2)nc(C(F)(F)F)c1. The first-order valence-electron chi connectivity index (χ1n) is 13.6. The van der Waals surface area contributed by atoms with Crippen LogP contribution in [0.2, 0.25) is 0 Å². The molecule has 0 unspecified atom stereocenters. The Kier molecular flexibility index (Phi) is 7.13. The number of aromatic nitrogens is 6. The van der Waals surface area contributed by atoms with Crippen LogP contribution in [0.1, 0.15) is 43.4 Å². The number of nitrogens with zero attached hydrogens (tertiary/aromatic N) is 7. The Morgan fingerprint density at radius 1 is 1.20 bits per heavy atom. The van der Waals surface area contributed by atoms with E-state index in [1.807, 2.05) is 23.1 Å².